The molecular formula is C12H15N3. The lowest BCUT2D eigenvalue weighted by molar-refractivity contribution is 0.780. The Bertz CT molecular complexity index is 480. The molecule has 78 valence electrons. The molecule has 1 aromatic heterocycles. The molecule has 2 N–H and O–H groups in total. The predicted molar refractivity (Wildman–Crippen MR) is 62.5 cm³/mol. The topological polar surface area (TPSA) is 43.8 Å². The van der Waals surface area contributed by atoms with Crippen LogP contribution < -0.4 is 5.73 Å². The first-order valence-corrected chi connectivity index (χ1v) is 4.95. The number of anilines is 1. The predicted octanol–water partition coefficient (Wildman–Crippen LogP) is 2.29. The minimum absolute atomic E-state index is 0.605. The lowest BCUT2D eigenvalue weighted by Crippen LogP contribution is -1.94. The maximum Gasteiger partial charge on any atom is 0.148 e. The lowest BCUT2D eigenvalue weighted by Gasteiger charge is -2.03. The van der Waals surface area contributed by atoms with Gasteiger partial charge in [-0.2, -0.15) is 5.10 Å². The first kappa shape index (κ1) is 9.77. The second kappa shape index (κ2) is 3.42. The number of rotatable bonds is 1. The zero-order valence-electron chi connectivity index (χ0n) is 9.28. The van der Waals surface area contributed by atoms with E-state index in [0.29, 0.717) is 5.82 Å². The van der Waals surface area contributed by atoms with Gasteiger partial charge in [0.2, 0.25) is 0 Å². The molecule has 1 heterocycles. The summed E-state index contributed by atoms with van der Waals surface area (Å²) in [5.74, 6) is 0.605. The Balaban J connectivity index is 2.58. The molecule has 0 bridgehead atoms. The molecule has 0 spiro atoms. The Morgan fingerprint density at radius 3 is 2.20 bits per heavy atom. The summed E-state index contributed by atoms with van der Waals surface area (Å²) >= 11 is 0. The SMILES string of the molecule is Cc1ccc(-c2c(C)c(N)nn2C)cc1. The number of hydrogen-bond donors (Lipinski definition) is 1. The van der Waals surface area contributed by atoms with Crippen molar-refractivity contribution in [1.82, 2.24) is 9.78 Å². The van der Waals surface area contributed by atoms with Crippen LogP contribution in [-0.4, -0.2) is 9.78 Å². The van der Waals surface area contributed by atoms with E-state index in [2.05, 4.69) is 36.3 Å². The van der Waals surface area contributed by atoms with Gasteiger partial charge < -0.3 is 5.73 Å². The monoisotopic (exact) mass is 201 g/mol. The van der Waals surface area contributed by atoms with Crippen LogP contribution in [0.1, 0.15) is 11.1 Å². The van der Waals surface area contributed by atoms with E-state index in [4.69, 9.17) is 5.73 Å². The average Bonchev–Trinajstić information content (AvgIpc) is 2.44. The quantitative estimate of drug-likeness (QED) is 0.769. The molecular weight excluding hydrogens is 186 g/mol. The third kappa shape index (κ3) is 1.61. The molecule has 0 amide bonds. The van der Waals surface area contributed by atoms with E-state index in [1.165, 1.54) is 5.56 Å². The summed E-state index contributed by atoms with van der Waals surface area (Å²) in [5.41, 5.74) is 10.3. The molecule has 3 heteroatoms. The van der Waals surface area contributed by atoms with Crippen molar-refractivity contribution in [3.63, 3.8) is 0 Å². The number of nitrogens with zero attached hydrogens (tertiary/aromatic N) is 2. The summed E-state index contributed by atoms with van der Waals surface area (Å²) in [7, 11) is 1.92. The van der Waals surface area contributed by atoms with E-state index < -0.39 is 0 Å². The van der Waals surface area contributed by atoms with Crippen molar-refractivity contribution in [2.45, 2.75) is 13.8 Å². The van der Waals surface area contributed by atoms with Crippen molar-refractivity contribution in [2.75, 3.05) is 5.73 Å². The molecule has 2 rings (SSSR count). The van der Waals surface area contributed by atoms with Gasteiger partial charge in [-0.1, -0.05) is 29.8 Å². The Labute approximate surface area is 89.5 Å². The van der Waals surface area contributed by atoms with Gasteiger partial charge in [-0.15, -0.1) is 0 Å². The molecule has 0 unspecified atom stereocenters. The Morgan fingerprint density at radius 1 is 1.13 bits per heavy atom. The Morgan fingerprint density at radius 2 is 1.73 bits per heavy atom. The van der Waals surface area contributed by atoms with E-state index in [0.717, 1.165) is 16.8 Å². The first-order chi connectivity index (χ1) is 7.09. The standard InChI is InChI=1S/C12H15N3/c1-8-4-6-10(7-5-8)11-9(2)12(13)14-15(11)3/h4-7H,1-3H3,(H2,13,14). The minimum atomic E-state index is 0.605. The van der Waals surface area contributed by atoms with Crippen molar-refractivity contribution >= 4 is 5.82 Å². The molecule has 3 nitrogen and oxygen atoms in total. The van der Waals surface area contributed by atoms with Gasteiger partial charge in [0.05, 0.1) is 5.69 Å². The van der Waals surface area contributed by atoms with Crippen LogP contribution in [0.25, 0.3) is 11.3 Å². The summed E-state index contributed by atoms with van der Waals surface area (Å²) in [6, 6.07) is 8.38. The first-order valence-electron chi connectivity index (χ1n) is 4.95. The van der Waals surface area contributed by atoms with E-state index >= 15 is 0 Å². The summed E-state index contributed by atoms with van der Waals surface area (Å²) in [4.78, 5) is 0. The van der Waals surface area contributed by atoms with Crippen LogP contribution in [0, 0.1) is 13.8 Å². The van der Waals surface area contributed by atoms with Crippen molar-refractivity contribution < 1.29 is 0 Å². The van der Waals surface area contributed by atoms with E-state index in [9.17, 15) is 0 Å². The van der Waals surface area contributed by atoms with E-state index in [1.807, 2.05) is 18.7 Å². The largest absolute Gasteiger partial charge is 0.382 e. The van der Waals surface area contributed by atoms with Gasteiger partial charge in [-0.3, -0.25) is 4.68 Å². The third-order valence-electron chi connectivity index (χ3n) is 2.65. The van der Waals surface area contributed by atoms with Crippen molar-refractivity contribution in [3.8, 4) is 11.3 Å². The summed E-state index contributed by atoms with van der Waals surface area (Å²) in [6.07, 6.45) is 0. The Hall–Kier alpha value is -1.77. The van der Waals surface area contributed by atoms with Gasteiger partial charge >= 0.3 is 0 Å². The van der Waals surface area contributed by atoms with Gasteiger partial charge in [0.15, 0.2) is 0 Å². The number of hydrogen-bond acceptors (Lipinski definition) is 2. The zero-order chi connectivity index (χ0) is 11.0. The van der Waals surface area contributed by atoms with Crippen molar-refractivity contribution in [2.24, 2.45) is 7.05 Å². The smallest absolute Gasteiger partial charge is 0.148 e. The van der Waals surface area contributed by atoms with Crippen LogP contribution in [0.15, 0.2) is 24.3 Å². The van der Waals surface area contributed by atoms with Crippen LogP contribution in [0.3, 0.4) is 0 Å². The molecule has 0 fully saturated rings. The summed E-state index contributed by atoms with van der Waals surface area (Å²) in [6.45, 7) is 4.08. The average molecular weight is 201 g/mol. The van der Waals surface area contributed by atoms with Gasteiger partial charge in [0, 0.05) is 18.2 Å². The van der Waals surface area contributed by atoms with Gasteiger partial charge in [0.25, 0.3) is 0 Å². The minimum Gasteiger partial charge on any atom is -0.382 e. The number of benzene rings is 1. The van der Waals surface area contributed by atoms with Crippen molar-refractivity contribution in [1.29, 1.82) is 0 Å². The van der Waals surface area contributed by atoms with Gasteiger partial charge in [0.1, 0.15) is 5.82 Å². The maximum atomic E-state index is 5.78. The molecule has 0 aliphatic carbocycles. The molecule has 15 heavy (non-hydrogen) atoms. The normalized spacial score (nSPS) is 10.6. The van der Waals surface area contributed by atoms with E-state index in [1.54, 1.807) is 0 Å². The van der Waals surface area contributed by atoms with Crippen LogP contribution in [0.5, 0.6) is 0 Å². The molecule has 0 radical (unpaired) electrons. The second-order valence-corrected chi connectivity index (χ2v) is 3.85. The van der Waals surface area contributed by atoms with Gasteiger partial charge in [-0.05, 0) is 13.8 Å². The maximum absolute atomic E-state index is 5.78. The highest BCUT2D eigenvalue weighted by Gasteiger charge is 2.10. The number of nitrogen functional groups attached to an aromatic ring is 1. The summed E-state index contributed by atoms with van der Waals surface area (Å²) < 4.78 is 1.83. The molecule has 2 aromatic rings. The highest BCUT2D eigenvalue weighted by Crippen LogP contribution is 2.26. The molecule has 0 atom stereocenters. The lowest BCUT2D eigenvalue weighted by atomic mass is 10.1. The molecule has 0 saturated heterocycles. The molecule has 0 aliphatic heterocycles. The molecule has 0 aliphatic rings. The van der Waals surface area contributed by atoms with Crippen LogP contribution in [0.4, 0.5) is 5.82 Å². The van der Waals surface area contributed by atoms with E-state index in [-0.39, 0.29) is 0 Å². The third-order valence-corrected chi connectivity index (χ3v) is 2.65. The van der Waals surface area contributed by atoms with Crippen LogP contribution >= 0.6 is 0 Å². The second-order valence-electron chi connectivity index (χ2n) is 3.85. The number of nitrogens with two attached hydrogens (primary N) is 1. The highest BCUT2D eigenvalue weighted by atomic mass is 15.3. The number of aryl methyl sites for hydroxylation is 2. The fourth-order valence-electron chi connectivity index (χ4n) is 1.77. The zero-order valence-corrected chi connectivity index (χ0v) is 9.28. The Kier molecular flexibility index (Phi) is 2.23. The molecule has 1 aromatic carbocycles. The fourth-order valence-corrected chi connectivity index (χ4v) is 1.77. The van der Waals surface area contributed by atoms with Crippen LogP contribution in [0.2, 0.25) is 0 Å². The number of aromatic nitrogens is 2. The summed E-state index contributed by atoms with van der Waals surface area (Å²) in [5, 5.41) is 4.20. The fraction of sp³-hybridized carbons (Fsp3) is 0.250. The van der Waals surface area contributed by atoms with Gasteiger partial charge in [-0.25, -0.2) is 0 Å². The highest BCUT2D eigenvalue weighted by molar-refractivity contribution is 5.68. The molecule has 0 saturated carbocycles. The van der Waals surface area contributed by atoms with Crippen LogP contribution in [-0.2, 0) is 7.05 Å². The van der Waals surface area contributed by atoms with Crippen molar-refractivity contribution in [3.05, 3.63) is 35.4 Å².